The van der Waals surface area contributed by atoms with E-state index >= 15 is 0 Å². The summed E-state index contributed by atoms with van der Waals surface area (Å²) in [6, 6.07) is 22.9. The summed E-state index contributed by atoms with van der Waals surface area (Å²) >= 11 is 0. The van der Waals surface area contributed by atoms with Crippen molar-refractivity contribution in [1.82, 2.24) is 5.32 Å². The molecular weight excluding hydrogens is 326 g/mol. The van der Waals surface area contributed by atoms with Crippen molar-refractivity contribution in [2.24, 2.45) is 0 Å². The molecule has 0 bridgehead atoms. The van der Waals surface area contributed by atoms with Crippen molar-refractivity contribution in [2.45, 2.75) is 24.9 Å². The lowest BCUT2D eigenvalue weighted by atomic mass is 9.90. The molecule has 1 aromatic heterocycles. The van der Waals surface area contributed by atoms with Crippen LogP contribution in [0.2, 0.25) is 0 Å². The van der Waals surface area contributed by atoms with E-state index in [0.717, 1.165) is 11.1 Å². The number of nitrogens with one attached hydrogen (secondary N) is 1. The van der Waals surface area contributed by atoms with Crippen molar-refractivity contribution < 1.29 is 14.3 Å². The van der Waals surface area contributed by atoms with Gasteiger partial charge in [-0.25, -0.2) is 0 Å². The third kappa shape index (κ3) is 4.61. The highest BCUT2D eigenvalue weighted by Crippen LogP contribution is 2.25. The second-order valence-electron chi connectivity index (χ2n) is 6.73. The summed E-state index contributed by atoms with van der Waals surface area (Å²) in [4.78, 5) is 12.9. The van der Waals surface area contributed by atoms with E-state index in [-0.39, 0.29) is 12.5 Å². The SMILES string of the molecule is CC(O)(CNC(=O)C(c1ccccc1)c1ccccc1)Cc1ccco1. The lowest BCUT2D eigenvalue weighted by molar-refractivity contribution is -0.122. The Morgan fingerprint density at radius 2 is 1.58 bits per heavy atom. The molecule has 2 aromatic carbocycles. The van der Waals surface area contributed by atoms with Gasteiger partial charge in [-0.15, -0.1) is 0 Å². The van der Waals surface area contributed by atoms with E-state index in [1.54, 1.807) is 19.3 Å². The molecule has 4 nitrogen and oxygen atoms in total. The summed E-state index contributed by atoms with van der Waals surface area (Å²) in [7, 11) is 0. The molecule has 1 amide bonds. The zero-order chi connectivity index (χ0) is 18.4. The Kier molecular flexibility index (Phi) is 5.54. The highest BCUT2D eigenvalue weighted by molar-refractivity contribution is 5.87. The minimum atomic E-state index is -1.09. The van der Waals surface area contributed by atoms with Crippen LogP contribution in [0.5, 0.6) is 0 Å². The number of carbonyl (C=O) groups excluding carboxylic acids is 1. The Labute approximate surface area is 153 Å². The molecule has 1 heterocycles. The fraction of sp³-hybridized carbons (Fsp3) is 0.227. The number of hydrogen-bond acceptors (Lipinski definition) is 3. The largest absolute Gasteiger partial charge is 0.469 e. The highest BCUT2D eigenvalue weighted by Gasteiger charge is 2.27. The van der Waals surface area contributed by atoms with Crippen LogP contribution in [0.3, 0.4) is 0 Å². The molecule has 1 atom stereocenters. The van der Waals surface area contributed by atoms with Gasteiger partial charge >= 0.3 is 0 Å². The smallest absolute Gasteiger partial charge is 0.232 e. The monoisotopic (exact) mass is 349 g/mol. The normalized spacial score (nSPS) is 13.3. The molecule has 1 unspecified atom stereocenters. The molecule has 0 aliphatic heterocycles. The molecule has 3 rings (SSSR count). The van der Waals surface area contributed by atoms with Gasteiger partial charge in [0.25, 0.3) is 0 Å². The van der Waals surface area contributed by atoms with Crippen molar-refractivity contribution in [3.05, 3.63) is 95.9 Å². The maximum atomic E-state index is 12.9. The van der Waals surface area contributed by atoms with E-state index in [0.29, 0.717) is 12.2 Å². The molecule has 0 aliphatic rings. The van der Waals surface area contributed by atoms with Crippen LogP contribution >= 0.6 is 0 Å². The van der Waals surface area contributed by atoms with Crippen molar-refractivity contribution in [2.75, 3.05) is 6.54 Å². The van der Waals surface area contributed by atoms with Gasteiger partial charge in [-0.2, -0.15) is 0 Å². The molecule has 0 spiro atoms. The molecular formula is C22H23NO3. The third-order valence-electron chi connectivity index (χ3n) is 4.31. The number of hydrogen-bond donors (Lipinski definition) is 2. The minimum absolute atomic E-state index is 0.137. The van der Waals surface area contributed by atoms with Gasteiger partial charge in [-0.3, -0.25) is 4.79 Å². The second kappa shape index (κ2) is 8.02. The lowest BCUT2D eigenvalue weighted by Gasteiger charge is -2.25. The molecule has 0 fully saturated rings. The molecule has 0 saturated heterocycles. The van der Waals surface area contributed by atoms with E-state index in [2.05, 4.69) is 5.32 Å². The number of benzene rings is 2. The van der Waals surface area contributed by atoms with E-state index in [9.17, 15) is 9.90 Å². The van der Waals surface area contributed by atoms with Gasteiger partial charge in [-0.1, -0.05) is 60.7 Å². The average Bonchev–Trinajstić information content (AvgIpc) is 3.14. The maximum absolute atomic E-state index is 12.9. The quantitative estimate of drug-likeness (QED) is 0.686. The fourth-order valence-corrected chi connectivity index (χ4v) is 3.02. The van der Waals surface area contributed by atoms with Gasteiger partial charge in [0.15, 0.2) is 0 Å². The minimum Gasteiger partial charge on any atom is -0.469 e. The first kappa shape index (κ1) is 18.0. The van der Waals surface area contributed by atoms with Crippen molar-refractivity contribution in [1.29, 1.82) is 0 Å². The van der Waals surface area contributed by atoms with Gasteiger partial charge in [0, 0.05) is 13.0 Å². The van der Waals surface area contributed by atoms with Crippen molar-refractivity contribution in [3.8, 4) is 0 Å². The Bertz CT molecular complexity index is 772. The predicted octanol–water partition coefficient (Wildman–Crippen LogP) is 3.52. The first-order valence-electron chi connectivity index (χ1n) is 8.67. The summed E-state index contributed by atoms with van der Waals surface area (Å²) in [6.07, 6.45) is 1.91. The van der Waals surface area contributed by atoms with E-state index < -0.39 is 11.5 Å². The molecule has 2 N–H and O–H groups in total. The Balaban J connectivity index is 1.74. The summed E-state index contributed by atoms with van der Waals surface area (Å²) in [6.45, 7) is 1.83. The Morgan fingerprint density at radius 1 is 1.00 bits per heavy atom. The Morgan fingerprint density at radius 3 is 2.08 bits per heavy atom. The standard InChI is InChI=1S/C22H23NO3/c1-22(25,15-19-13-8-14-26-19)16-23-21(24)20(17-9-4-2-5-10-17)18-11-6-3-7-12-18/h2-14,20,25H,15-16H2,1H3,(H,23,24). The third-order valence-corrected chi connectivity index (χ3v) is 4.31. The van der Waals surface area contributed by atoms with Crippen LogP contribution < -0.4 is 5.32 Å². The molecule has 134 valence electrons. The fourth-order valence-electron chi connectivity index (χ4n) is 3.02. The van der Waals surface area contributed by atoms with Crippen molar-refractivity contribution >= 4 is 5.91 Å². The molecule has 0 aliphatic carbocycles. The molecule has 4 heteroatoms. The van der Waals surface area contributed by atoms with Crippen molar-refractivity contribution in [3.63, 3.8) is 0 Å². The first-order valence-corrected chi connectivity index (χ1v) is 8.67. The van der Waals surface area contributed by atoms with Crippen LogP contribution in [-0.2, 0) is 11.2 Å². The molecule has 0 saturated carbocycles. The number of furan rings is 1. The zero-order valence-corrected chi connectivity index (χ0v) is 14.8. The molecule has 0 radical (unpaired) electrons. The highest BCUT2D eigenvalue weighted by atomic mass is 16.3. The molecule has 26 heavy (non-hydrogen) atoms. The lowest BCUT2D eigenvalue weighted by Crippen LogP contribution is -2.43. The topological polar surface area (TPSA) is 62.5 Å². The maximum Gasteiger partial charge on any atom is 0.232 e. The Hall–Kier alpha value is -2.85. The van der Waals surface area contributed by atoms with Gasteiger partial charge in [0.2, 0.25) is 5.91 Å². The summed E-state index contributed by atoms with van der Waals surface area (Å²) in [5.74, 6) is 0.130. The summed E-state index contributed by atoms with van der Waals surface area (Å²) < 4.78 is 5.29. The second-order valence-corrected chi connectivity index (χ2v) is 6.73. The van der Waals surface area contributed by atoms with Crippen LogP contribution in [0.1, 0.15) is 29.7 Å². The summed E-state index contributed by atoms with van der Waals surface area (Å²) in [5, 5.41) is 13.5. The number of rotatable bonds is 7. The van der Waals surface area contributed by atoms with E-state index in [1.807, 2.05) is 66.7 Å². The number of amides is 1. The first-order chi connectivity index (χ1) is 12.6. The average molecular weight is 349 g/mol. The van der Waals surface area contributed by atoms with Gasteiger partial charge < -0.3 is 14.8 Å². The van der Waals surface area contributed by atoms with Gasteiger partial charge in [-0.05, 0) is 30.2 Å². The van der Waals surface area contributed by atoms with Crippen LogP contribution in [0.15, 0.2) is 83.5 Å². The van der Waals surface area contributed by atoms with Crippen LogP contribution in [0, 0.1) is 0 Å². The van der Waals surface area contributed by atoms with E-state index in [1.165, 1.54) is 0 Å². The summed E-state index contributed by atoms with van der Waals surface area (Å²) in [5.41, 5.74) is 0.745. The van der Waals surface area contributed by atoms with E-state index in [4.69, 9.17) is 4.42 Å². The number of aliphatic hydroxyl groups is 1. The van der Waals surface area contributed by atoms with Crippen LogP contribution in [0.25, 0.3) is 0 Å². The number of carbonyl (C=O) groups is 1. The predicted molar refractivity (Wildman–Crippen MR) is 101 cm³/mol. The van der Waals surface area contributed by atoms with Crippen LogP contribution in [0.4, 0.5) is 0 Å². The molecule has 3 aromatic rings. The van der Waals surface area contributed by atoms with Gasteiger partial charge in [0.1, 0.15) is 5.76 Å². The zero-order valence-electron chi connectivity index (χ0n) is 14.8. The van der Waals surface area contributed by atoms with Gasteiger partial charge in [0.05, 0.1) is 17.8 Å². The van der Waals surface area contributed by atoms with Crippen LogP contribution in [-0.4, -0.2) is 23.2 Å².